The number of carbonyl (C=O) groups excluding carboxylic acids is 1. The van der Waals surface area contributed by atoms with Gasteiger partial charge in [0.25, 0.3) is 0 Å². The third-order valence-electron chi connectivity index (χ3n) is 3.59. The summed E-state index contributed by atoms with van der Waals surface area (Å²) in [5, 5.41) is 2.06. The summed E-state index contributed by atoms with van der Waals surface area (Å²) in [4.78, 5) is 15.1. The number of likely N-dealkylation sites (tertiary alicyclic amines) is 1. The van der Waals surface area contributed by atoms with Crippen molar-refractivity contribution < 1.29 is 9.53 Å². The highest BCUT2D eigenvalue weighted by atomic mass is 79.9. The number of thiophene rings is 1. The molecule has 21 heavy (non-hydrogen) atoms. The van der Waals surface area contributed by atoms with Crippen LogP contribution in [0.25, 0.3) is 0 Å². The summed E-state index contributed by atoms with van der Waals surface area (Å²) in [6.45, 7) is 7.09. The second kappa shape index (κ2) is 6.67. The molecule has 1 fully saturated rings. The van der Waals surface area contributed by atoms with E-state index < -0.39 is 5.60 Å². The second-order valence-corrected chi connectivity index (χ2v) is 8.39. The Bertz CT molecular complexity index is 498. The van der Waals surface area contributed by atoms with E-state index in [-0.39, 0.29) is 12.1 Å². The molecule has 2 atom stereocenters. The molecule has 0 radical (unpaired) electrons. The van der Waals surface area contributed by atoms with E-state index in [9.17, 15) is 4.79 Å². The van der Waals surface area contributed by atoms with Crippen LogP contribution in [0.4, 0.5) is 4.79 Å². The zero-order chi connectivity index (χ0) is 15.6. The van der Waals surface area contributed by atoms with Gasteiger partial charge in [-0.2, -0.15) is 0 Å². The molecule has 0 aromatic carbocycles. The lowest BCUT2D eigenvalue weighted by Crippen LogP contribution is -2.38. The van der Waals surface area contributed by atoms with Gasteiger partial charge in [-0.1, -0.05) is 0 Å². The Hall–Kier alpha value is -0.590. The molecule has 0 bridgehead atoms. The summed E-state index contributed by atoms with van der Waals surface area (Å²) in [7, 11) is 0. The lowest BCUT2D eigenvalue weighted by Gasteiger charge is -2.25. The number of ether oxygens (including phenoxy) is 1. The van der Waals surface area contributed by atoms with Crippen LogP contribution in [-0.2, 0) is 11.2 Å². The molecule has 0 spiro atoms. The van der Waals surface area contributed by atoms with Crippen molar-refractivity contribution >= 4 is 33.4 Å². The number of amides is 1. The third kappa shape index (κ3) is 4.69. The van der Waals surface area contributed by atoms with Gasteiger partial charge < -0.3 is 15.4 Å². The number of nitrogens with zero attached hydrogens (tertiary/aromatic N) is 1. The van der Waals surface area contributed by atoms with Gasteiger partial charge in [0.15, 0.2) is 0 Å². The highest BCUT2D eigenvalue weighted by Gasteiger charge is 2.32. The summed E-state index contributed by atoms with van der Waals surface area (Å²) < 4.78 is 6.55. The third-order valence-corrected chi connectivity index (χ3v) is 5.54. The number of rotatable bonds is 3. The van der Waals surface area contributed by atoms with Crippen molar-refractivity contribution in [3.8, 4) is 0 Å². The minimum atomic E-state index is -0.445. The Kier molecular flexibility index (Phi) is 5.33. The van der Waals surface area contributed by atoms with Gasteiger partial charge in [0, 0.05) is 28.5 Å². The molecule has 4 nitrogen and oxygen atoms in total. The normalized spacial score (nSPS) is 20.6. The molecule has 118 valence electrons. The Morgan fingerprint density at radius 3 is 2.90 bits per heavy atom. The van der Waals surface area contributed by atoms with Gasteiger partial charge >= 0.3 is 6.09 Å². The number of nitrogens with two attached hydrogens (primary N) is 1. The molecule has 2 N–H and O–H groups in total. The van der Waals surface area contributed by atoms with E-state index in [0.29, 0.717) is 12.5 Å². The summed E-state index contributed by atoms with van der Waals surface area (Å²) in [5.41, 5.74) is 5.89. The zero-order valence-corrected chi connectivity index (χ0v) is 15.2. The van der Waals surface area contributed by atoms with E-state index in [0.717, 1.165) is 23.9 Å². The van der Waals surface area contributed by atoms with Gasteiger partial charge in [0.2, 0.25) is 0 Å². The zero-order valence-electron chi connectivity index (χ0n) is 12.8. The molecule has 1 saturated heterocycles. The highest BCUT2D eigenvalue weighted by Crippen LogP contribution is 2.28. The maximum atomic E-state index is 12.1. The molecular formula is C15H23BrN2O2S. The van der Waals surface area contributed by atoms with Crippen molar-refractivity contribution in [3.05, 3.63) is 20.8 Å². The van der Waals surface area contributed by atoms with Crippen LogP contribution in [0.15, 0.2) is 15.9 Å². The first-order chi connectivity index (χ1) is 9.76. The second-order valence-electron chi connectivity index (χ2n) is 6.53. The fourth-order valence-corrected chi connectivity index (χ4v) is 4.07. The molecule has 2 unspecified atom stereocenters. The number of carbonyl (C=O) groups is 1. The standard InChI is InChI=1S/C15H23BrN2O2S/c1-15(2,3)20-14(19)18-6-4-10(9-18)12(17)8-13-11(16)5-7-21-13/h5,7,10,12H,4,6,8-9,17H2,1-3H3. The molecular weight excluding hydrogens is 352 g/mol. The van der Waals surface area contributed by atoms with Crippen LogP contribution < -0.4 is 5.73 Å². The highest BCUT2D eigenvalue weighted by molar-refractivity contribution is 9.10. The predicted molar refractivity (Wildman–Crippen MR) is 89.6 cm³/mol. The summed E-state index contributed by atoms with van der Waals surface area (Å²) in [6, 6.07) is 2.13. The number of halogens is 1. The average molecular weight is 375 g/mol. The van der Waals surface area contributed by atoms with Crippen molar-refractivity contribution in [1.82, 2.24) is 4.90 Å². The Labute approximate surface area is 138 Å². The van der Waals surface area contributed by atoms with Crippen LogP contribution in [0.5, 0.6) is 0 Å². The molecule has 1 aliphatic heterocycles. The lowest BCUT2D eigenvalue weighted by atomic mass is 9.96. The first-order valence-electron chi connectivity index (χ1n) is 7.21. The monoisotopic (exact) mass is 374 g/mol. The topological polar surface area (TPSA) is 55.6 Å². The van der Waals surface area contributed by atoms with Crippen molar-refractivity contribution in [3.63, 3.8) is 0 Å². The van der Waals surface area contributed by atoms with Gasteiger partial charge in [-0.05, 0) is 66.9 Å². The maximum Gasteiger partial charge on any atom is 0.410 e. The smallest absolute Gasteiger partial charge is 0.410 e. The van der Waals surface area contributed by atoms with E-state index in [1.54, 1.807) is 16.2 Å². The van der Waals surface area contributed by atoms with Crippen LogP contribution in [0, 0.1) is 5.92 Å². The van der Waals surface area contributed by atoms with Crippen LogP contribution in [0.2, 0.25) is 0 Å². The van der Waals surface area contributed by atoms with E-state index >= 15 is 0 Å². The summed E-state index contributed by atoms with van der Waals surface area (Å²) >= 11 is 5.26. The van der Waals surface area contributed by atoms with Gasteiger partial charge in [0.1, 0.15) is 5.60 Å². The van der Waals surface area contributed by atoms with Crippen LogP contribution in [-0.4, -0.2) is 35.7 Å². The number of hydrogen-bond donors (Lipinski definition) is 1. The molecule has 2 heterocycles. The molecule has 2 rings (SSSR count). The van der Waals surface area contributed by atoms with Crippen molar-refractivity contribution in [1.29, 1.82) is 0 Å². The molecule has 6 heteroatoms. The van der Waals surface area contributed by atoms with Gasteiger partial charge in [-0.15, -0.1) is 11.3 Å². The van der Waals surface area contributed by atoms with Gasteiger partial charge in [-0.25, -0.2) is 4.79 Å². The molecule has 0 saturated carbocycles. The summed E-state index contributed by atoms with van der Waals surface area (Å²) in [6.07, 6.45) is 1.57. The first-order valence-corrected chi connectivity index (χ1v) is 8.89. The SMILES string of the molecule is CC(C)(C)OC(=O)N1CCC(C(N)Cc2sccc2Br)C1. The maximum absolute atomic E-state index is 12.1. The minimum absolute atomic E-state index is 0.0763. The van der Waals surface area contributed by atoms with Crippen LogP contribution in [0.1, 0.15) is 32.1 Å². The lowest BCUT2D eigenvalue weighted by molar-refractivity contribution is 0.0286. The van der Waals surface area contributed by atoms with Crippen LogP contribution in [0.3, 0.4) is 0 Å². The van der Waals surface area contributed by atoms with Gasteiger partial charge in [-0.3, -0.25) is 0 Å². The van der Waals surface area contributed by atoms with Crippen LogP contribution >= 0.6 is 27.3 Å². The summed E-state index contributed by atoms with van der Waals surface area (Å²) in [5.74, 6) is 0.339. The molecule has 1 aliphatic rings. The van der Waals surface area contributed by atoms with Crippen molar-refractivity contribution in [2.45, 2.75) is 45.3 Å². The Morgan fingerprint density at radius 2 is 2.33 bits per heavy atom. The number of hydrogen-bond acceptors (Lipinski definition) is 4. The van der Waals surface area contributed by atoms with E-state index in [1.165, 1.54) is 4.88 Å². The largest absolute Gasteiger partial charge is 0.444 e. The van der Waals surface area contributed by atoms with Crippen molar-refractivity contribution in [2.75, 3.05) is 13.1 Å². The molecule has 1 amide bonds. The van der Waals surface area contributed by atoms with Gasteiger partial charge in [0.05, 0.1) is 0 Å². The Morgan fingerprint density at radius 1 is 1.62 bits per heavy atom. The molecule has 1 aromatic heterocycles. The predicted octanol–water partition coefficient (Wildman–Crippen LogP) is 3.64. The fraction of sp³-hybridized carbons (Fsp3) is 0.667. The molecule has 1 aromatic rings. The van der Waals surface area contributed by atoms with E-state index in [1.807, 2.05) is 26.8 Å². The van der Waals surface area contributed by atoms with Crippen molar-refractivity contribution in [2.24, 2.45) is 11.7 Å². The van der Waals surface area contributed by atoms with E-state index in [4.69, 9.17) is 10.5 Å². The van der Waals surface area contributed by atoms with E-state index in [2.05, 4.69) is 21.3 Å². The average Bonchev–Trinajstić information content (AvgIpc) is 2.97. The fourth-order valence-electron chi connectivity index (χ4n) is 2.48. The quantitative estimate of drug-likeness (QED) is 0.878. The first kappa shape index (κ1) is 16.8. The Balaban J connectivity index is 1.87. The minimum Gasteiger partial charge on any atom is -0.444 e. The molecule has 0 aliphatic carbocycles.